The molecule has 3 rings (SSSR count). The van der Waals surface area contributed by atoms with Gasteiger partial charge >= 0.3 is 0 Å². The van der Waals surface area contributed by atoms with Gasteiger partial charge in [-0.2, -0.15) is 0 Å². The van der Waals surface area contributed by atoms with Gasteiger partial charge in [-0.15, -0.1) is 0 Å². The highest BCUT2D eigenvalue weighted by molar-refractivity contribution is 5.72. The van der Waals surface area contributed by atoms with E-state index in [1.54, 1.807) is 6.92 Å². The number of aryl methyl sites for hydroxylation is 1. The fourth-order valence-electron chi connectivity index (χ4n) is 5.28. The third kappa shape index (κ3) is 14.9. The molecule has 1 saturated carbocycles. The van der Waals surface area contributed by atoms with Crippen molar-refractivity contribution in [2.24, 2.45) is 0 Å². The predicted molar refractivity (Wildman–Crippen MR) is 173 cm³/mol. The molecule has 1 aliphatic carbocycles. The molecule has 0 unspecified atom stereocenters. The van der Waals surface area contributed by atoms with Gasteiger partial charge in [-0.1, -0.05) is 104 Å². The number of rotatable bonds is 14. The van der Waals surface area contributed by atoms with Gasteiger partial charge in [0.05, 0.1) is 6.61 Å². The molecule has 0 atom stereocenters. The molecule has 0 spiro atoms. The standard InChI is InChI=1S/C20H32N2O.C14H21FO.C2H6/c1-16(2)18-9-7-10-19(15-18)20(11-5-4-6-12-20)22-14-8-13-21-17(3)23;1-3-4-5-6-7-8-16-14-10-12(2)9-13(15)11-14;1-2/h7,9-10,15-16,22H,4-6,8,11-14H2,1-3H3,(H,21,23);9-11H,3-8H2,1-2H3;1-2H3. The average Bonchev–Trinajstić information content (AvgIpc) is 2.96. The first-order chi connectivity index (χ1) is 19.8. The zero-order chi connectivity index (χ0) is 30.5. The van der Waals surface area contributed by atoms with Crippen molar-refractivity contribution in [1.82, 2.24) is 10.6 Å². The Labute approximate surface area is 251 Å². The largest absolute Gasteiger partial charge is 0.493 e. The second kappa shape index (κ2) is 21.3. The van der Waals surface area contributed by atoms with Gasteiger partial charge < -0.3 is 15.4 Å². The maximum atomic E-state index is 13.0. The first-order valence-electron chi connectivity index (χ1n) is 16.3. The molecular formula is C36H59FN2O2. The van der Waals surface area contributed by atoms with E-state index in [1.807, 2.05) is 26.8 Å². The van der Waals surface area contributed by atoms with Gasteiger partial charge in [0.2, 0.25) is 5.91 Å². The topological polar surface area (TPSA) is 50.4 Å². The van der Waals surface area contributed by atoms with Crippen LogP contribution in [0.2, 0.25) is 0 Å². The van der Waals surface area contributed by atoms with Crippen molar-refractivity contribution < 1.29 is 13.9 Å². The molecule has 1 fully saturated rings. The van der Waals surface area contributed by atoms with E-state index in [0.29, 0.717) is 18.3 Å². The Kier molecular flexibility index (Phi) is 19.0. The zero-order valence-corrected chi connectivity index (χ0v) is 27.2. The monoisotopic (exact) mass is 570 g/mol. The second-order valence-corrected chi connectivity index (χ2v) is 11.4. The minimum atomic E-state index is -0.221. The van der Waals surface area contributed by atoms with Gasteiger partial charge in [-0.3, -0.25) is 4.79 Å². The molecule has 232 valence electrons. The highest BCUT2D eigenvalue weighted by Crippen LogP contribution is 2.38. The summed E-state index contributed by atoms with van der Waals surface area (Å²) in [6.07, 6.45) is 13.4. The van der Waals surface area contributed by atoms with E-state index in [9.17, 15) is 9.18 Å². The van der Waals surface area contributed by atoms with E-state index in [0.717, 1.165) is 31.5 Å². The summed E-state index contributed by atoms with van der Waals surface area (Å²) in [6, 6.07) is 14.0. The maximum absolute atomic E-state index is 13.0. The molecule has 4 nitrogen and oxygen atoms in total. The first kappa shape index (κ1) is 36.6. The van der Waals surface area contributed by atoms with Crippen molar-refractivity contribution in [2.45, 2.75) is 131 Å². The fraction of sp³-hybridized carbons (Fsp3) is 0.639. The van der Waals surface area contributed by atoms with Gasteiger partial charge in [0.25, 0.3) is 0 Å². The van der Waals surface area contributed by atoms with Gasteiger partial charge in [-0.25, -0.2) is 4.39 Å². The lowest BCUT2D eigenvalue weighted by Gasteiger charge is -2.39. The number of benzene rings is 2. The number of hydrogen-bond donors (Lipinski definition) is 2. The lowest BCUT2D eigenvalue weighted by molar-refractivity contribution is -0.118. The molecule has 1 aliphatic rings. The zero-order valence-electron chi connectivity index (χ0n) is 27.2. The number of halogens is 1. The molecule has 0 bridgehead atoms. The SMILES string of the molecule is CC.CC(=O)NCCCNC1(c2cccc(C(C)C)c2)CCCCC1.CCCCCCCOc1cc(C)cc(F)c1. The summed E-state index contributed by atoms with van der Waals surface area (Å²) in [5.74, 6) is 1.05. The van der Waals surface area contributed by atoms with E-state index in [-0.39, 0.29) is 17.3 Å². The summed E-state index contributed by atoms with van der Waals surface area (Å²) in [5, 5.41) is 6.72. The Morgan fingerprint density at radius 1 is 0.951 bits per heavy atom. The predicted octanol–water partition coefficient (Wildman–Crippen LogP) is 9.59. The van der Waals surface area contributed by atoms with Gasteiger partial charge in [0, 0.05) is 25.1 Å². The van der Waals surface area contributed by atoms with E-state index in [2.05, 4.69) is 55.7 Å². The molecular weight excluding hydrogens is 511 g/mol. The number of carbonyl (C=O) groups is 1. The molecule has 0 heterocycles. The first-order valence-corrected chi connectivity index (χ1v) is 16.3. The Morgan fingerprint density at radius 3 is 2.29 bits per heavy atom. The molecule has 2 aromatic carbocycles. The van der Waals surface area contributed by atoms with E-state index in [4.69, 9.17) is 4.74 Å². The molecule has 41 heavy (non-hydrogen) atoms. The van der Waals surface area contributed by atoms with Gasteiger partial charge in [0.1, 0.15) is 11.6 Å². The van der Waals surface area contributed by atoms with Crippen molar-refractivity contribution in [3.63, 3.8) is 0 Å². The Hall–Kier alpha value is -2.40. The van der Waals surface area contributed by atoms with Crippen LogP contribution < -0.4 is 15.4 Å². The number of amides is 1. The summed E-state index contributed by atoms with van der Waals surface area (Å²) in [5.41, 5.74) is 3.90. The highest BCUT2D eigenvalue weighted by atomic mass is 19.1. The highest BCUT2D eigenvalue weighted by Gasteiger charge is 2.33. The van der Waals surface area contributed by atoms with Crippen LogP contribution in [0.4, 0.5) is 4.39 Å². The molecule has 0 radical (unpaired) electrons. The molecule has 2 N–H and O–H groups in total. The molecule has 0 saturated heterocycles. The Balaban J connectivity index is 0.000000410. The minimum Gasteiger partial charge on any atom is -0.493 e. The quantitative estimate of drug-likeness (QED) is 0.222. The number of unbranched alkanes of at least 4 members (excludes halogenated alkanes) is 4. The fourth-order valence-corrected chi connectivity index (χ4v) is 5.28. The van der Waals surface area contributed by atoms with Crippen molar-refractivity contribution >= 4 is 5.91 Å². The van der Waals surface area contributed by atoms with Crippen LogP contribution in [0, 0.1) is 12.7 Å². The van der Waals surface area contributed by atoms with E-state index in [1.165, 1.54) is 81.0 Å². The van der Waals surface area contributed by atoms with Crippen molar-refractivity contribution in [3.8, 4) is 5.75 Å². The average molecular weight is 571 g/mol. The number of ether oxygens (including phenoxy) is 1. The van der Waals surface area contributed by atoms with Crippen molar-refractivity contribution in [3.05, 3.63) is 65.0 Å². The van der Waals surface area contributed by atoms with Crippen LogP contribution in [-0.4, -0.2) is 25.6 Å². The van der Waals surface area contributed by atoms with Crippen LogP contribution in [0.5, 0.6) is 5.75 Å². The summed E-state index contributed by atoms with van der Waals surface area (Å²) in [6.45, 7) is 16.6. The van der Waals surface area contributed by atoms with Crippen molar-refractivity contribution in [2.75, 3.05) is 19.7 Å². The van der Waals surface area contributed by atoms with Crippen LogP contribution in [0.1, 0.15) is 135 Å². The smallest absolute Gasteiger partial charge is 0.216 e. The lowest BCUT2D eigenvalue weighted by Crippen LogP contribution is -2.45. The van der Waals surface area contributed by atoms with Gasteiger partial charge in [0.15, 0.2) is 0 Å². The molecule has 1 amide bonds. The number of nitrogens with one attached hydrogen (secondary N) is 2. The summed E-state index contributed by atoms with van der Waals surface area (Å²) < 4.78 is 18.5. The van der Waals surface area contributed by atoms with Crippen LogP contribution in [0.3, 0.4) is 0 Å². The number of carbonyl (C=O) groups excluding carboxylic acids is 1. The summed E-state index contributed by atoms with van der Waals surface area (Å²) >= 11 is 0. The molecule has 5 heteroatoms. The van der Waals surface area contributed by atoms with E-state index >= 15 is 0 Å². The summed E-state index contributed by atoms with van der Waals surface area (Å²) in [7, 11) is 0. The summed E-state index contributed by atoms with van der Waals surface area (Å²) in [4.78, 5) is 11.0. The molecule has 0 aliphatic heterocycles. The van der Waals surface area contributed by atoms with E-state index < -0.39 is 0 Å². The van der Waals surface area contributed by atoms with Crippen molar-refractivity contribution in [1.29, 1.82) is 0 Å². The van der Waals surface area contributed by atoms with Crippen LogP contribution in [0.25, 0.3) is 0 Å². The Morgan fingerprint density at radius 2 is 1.66 bits per heavy atom. The third-order valence-electron chi connectivity index (χ3n) is 7.54. The maximum Gasteiger partial charge on any atom is 0.216 e. The lowest BCUT2D eigenvalue weighted by atomic mass is 9.75. The Bertz CT molecular complexity index is 950. The molecule has 0 aromatic heterocycles. The van der Waals surface area contributed by atoms with Gasteiger partial charge in [-0.05, 0) is 73.9 Å². The normalized spacial score (nSPS) is 13.9. The van der Waals surface area contributed by atoms with Crippen LogP contribution >= 0.6 is 0 Å². The van der Waals surface area contributed by atoms with Crippen LogP contribution in [0.15, 0.2) is 42.5 Å². The minimum absolute atomic E-state index is 0.0574. The third-order valence-corrected chi connectivity index (χ3v) is 7.54. The second-order valence-electron chi connectivity index (χ2n) is 11.4. The molecule has 2 aromatic rings. The number of hydrogen-bond acceptors (Lipinski definition) is 3. The van der Waals surface area contributed by atoms with Crippen LogP contribution in [-0.2, 0) is 10.3 Å².